The minimum atomic E-state index is -0.789. The minimum absolute atomic E-state index is 0.0821. The maximum atomic E-state index is 13.1. The highest BCUT2D eigenvalue weighted by atomic mass is 19.1. The van der Waals surface area contributed by atoms with E-state index in [0.717, 1.165) is 0 Å². The predicted molar refractivity (Wildman–Crippen MR) is 48.6 cm³/mol. The molecule has 0 saturated heterocycles. The molecule has 14 heavy (non-hydrogen) atoms. The highest BCUT2D eigenvalue weighted by Gasteiger charge is 2.22. The molecule has 0 unspecified atom stereocenters. The maximum absolute atomic E-state index is 13.1. The van der Waals surface area contributed by atoms with Gasteiger partial charge in [-0.1, -0.05) is 0 Å². The summed E-state index contributed by atoms with van der Waals surface area (Å²) in [6, 6.07) is 0. The van der Waals surface area contributed by atoms with Crippen molar-refractivity contribution < 1.29 is 13.6 Å². The first-order chi connectivity index (χ1) is 6.66. The standard InChI is InChI=1S/C9H12F2N2O/c10-6-2-1-3-7(11)8(6)9(14)13-5-4-12/h2H,1,3-5,12H2,(H,13,14). The van der Waals surface area contributed by atoms with Crippen LogP contribution in [0.5, 0.6) is 0 Å². The lowest BCUT2D eigenvalue weighted by Crippen LogP contribution is -2.31. The van der Waals surface area contributed by atoms with E-state index in [9.17, 15) is 13.6 Å². The van der Waals surface area contributed by atoms with Crippen LogP contribution in [0.15, 0.2) is 23.3 Å². The number of halogens is 2. The van der Waals surface area contributed by atoms with E-state index < -0.39 is 23.1 Å². The number of hydrogen-bond acceptors (Lipinski definition) is 2. The van der Waals surface area contributed by atoms with E-state index in [-0.39, 0.29) is 19.5 Å². The first-order valence-electron chi connectivity index (χ1n) is 4.39. The Balaban J connectivity index is 2.74. The number of nitrogens with two attached hydrogens (primary N) is 1. The van der Waals surface area contributed by atoms with Gasteiger partial charge in [-0.05, 0) is 12.5 Å². The Morgan fingerprint density at radius 3 is 2.86 bits per heavy atom. The summed E-state index contributed by atoms with van der Waals surface area (Å²) in [7, 11) is 0. The van der Waals surface area contributed by atoms with Gasteiger partial charge in [0.05, 0.1) is 0 Å². The Morgan fingerprint density at radius 2 is 2.29 bits per heavy atom. The van der Waals surface area contributed by atoms with Crippen LogP contribution in [0.1, 0.15) is 12.8 Å². The van der Waals surface area contributed by atoms with E-state index >= 15 is 0 Å². The zero-order valence-electron chi connectivity index (χ0n) is 7.65. The van der Waals surface area contributed by atoms with Gasteiger partial charge in [0.1, 0.15) is 17.2 Å². The van der Waals surface area contributed by atoms with Crippen LogP contribution in [0.2, 0.25) is 0 Å². The summed E-state index contributed by atoms with van der Waals surface area (Å²) in [6.45, 7) is 0.453. The lowest BCUT2D eigenvalue weighted by Gasteiger charge is -2.11. The summed E-state index contributed by atoms with van der Waals surface area (Å²) in [4.78, 5) is 11.2. The highest BCUT2D eigenvalue weighted by Crippen LogP contribution is 2.26. The van der Waals surface area contributed by atoms with Crippen molar-refractivity contribution in [2.45, 2.75) is 12.8 Å². The average Bonchev–Trinajstić information content (AvgIpc) is 2.14. The molecular formula is C9H12F2N2O. The van der Waals surface area contributed by atoms with Gasteiger partial charge in [0.15, 0.2) is 0 Å². The molecule has 0 aromatic carbocycles. The number of allylic oxidation sites excluding steroid dienone is 2. The molecule has 0 spiro atoms. The van der Waals surface area contributed by atoms with Crippen LogP contribution in [0.3, 0.4) is 0 Å². The molecule has 78 valence electrons. The molecule has 0 atom stereocenters. The molecule has 3 nitrogen and oxygen atoms in total. The van der Waals surface area contributed by atoms with Gasteiger partial charge in [0, 0.05) is 19.5 Å². The summed E-state index contributed by atoms with van der Waals surface area (Å²) in [5.41, 5.74) is 4.66. The smallest absolute Gasteiger partial charge is 0.256 e. The molecule has 1 rings (SSSR count). The lowest BCUT2D eigenvalue weighted by atomic mass is 10.0. The second-order valence-electron chi connectivity index (χ2n) is 2.92. The fourth-order valence-corrected chi connectivity index (χ4v) is 1.19. The van der Waals surface area contributed by atoms with E-state index in [1.807, 2.05) is 0 Å². The number of nitrogens with one attached hydrogen (secondary N) is 1. The molecule has 1 aliphatic carbocycles. The molecule has 3 N–H and O–H groups in total. The van der Waals surface area contributed by atoms with Crippen LogP contribution in [0.4, 0.5) is 8.78 Å². The summed E-state index contributed by atoms with van der Waals surface area (Å²) in [5, 5.41) is 2.32. The molecule has 0 saturated carbocycles. The van der Waals surface area contributed by atoms with E-state index in [4.69, 9.17) is 5.73 Å². The number of rotatable bonds is 3. The minimum Gasteiger partial charge on any atom is -0.351 e. The zero-order chi connectivity index (χ0) is 10.6. The van der Waals surface area contributed by atoms with Crippen molar-refractivity contribution in [3.63, 3.8) is 0 Å². The van der Waals surface area contributed by atoms with Gasteiger partial charge in [-0.2, -0.15) is 0 Å². The summed E-state index contributed by atoms with van der Waals surface area (Å²) in [6.07, 6.45) is 1.59. The topological polar surface area (TPSA) is 55.1 Å². The molecule has 0 radical (unpaired) electrons. The molecule has 1 aliphatic rings. The first kappa shape index (κ1) is 10.8. The Bertz CT molecular complexity index is 297. The molecule has 0 aromatic heterocycles. The monoisotopic (exact) mass is 202 g/mol. The summed E-state index contributed by atoms with van der Waals surface area (Å²) in [5.74, 6) is -2.22. The highest BCUT2D eigenvalue weighted by molar-refractivity contribution is 5.97. The van der Waals surface area contributed by atoms with Crippen LogP contribution >= 0.6 is 0 Å². The largest absolute Gasteiger partial charge is 0.351 e. The second-order valence-corrected chi connectivity index (χ2v) is 2.92. The molecule has 0 heterocycles. The third-order valence-electron chi connectivity index (χ3n) is 1.85. The van der Waals surface area contributed by atoms with Crippen molar-refractivity contribution in [1.82, 2.24) is 5.32 Å². The zero-order valence-corrected chi connectivity index (χ0v) is 7.65. The summed E-state index contributed by atoms with van der Waals surface area (Å²) >= 11 is 0. The van der Waals surface area contributed by atoms with Crippen LogP contribution in [-0.2, 0) is 4.79 Å². The van der Waals surface area contributed by atoms with Gasteiger partial charge in [0.2, 0.25) is 0 Å². The quantitative estimate of drug-likeness (QED) is 0.715. The van der Waals surface area contributed by atoms with Crippen molar-refractivity contribution >= 4 is 5.91 Å². The Hall–Kier alpha value is -1.23. The third kappa shape index (κ3) is 2.38. The first-order valence-corrected chi connectivity index (χ1v) is 4.39. The van der Waals surface area contributed by atoms with Crippen LogP contribution in [0.25, 0.3) is 0 Å². The van der Waals surface area contributed by atoms with Crippen molar-refractivity contribution in [2.24, 2.45) is 5.73 Å². The Labute approximate surface area is 80.7 Å². The van der Waals surface area contributed by atoms with E-state index in [1.165, 1.54) is 6.08 Å². The average molecular weight is 202 g/mol. The second kappa shape index (κ2) is 4.85. The number of carbonyl (C=O) groups excluding carboxylic acids is 1. The molecule has 0 bridgehead atoms. The number of carbonyl (C=O) groups is 1. The van der Waals surface area contributed by atoms with E-state index in [1.54, 1.807) is 0 Å². The van der Waals surface area contributed by atoms with Crippen molar-refractivity contribution in [2.75, 3.05) is 13.1 Å². The lowest BCUT2D eigenvalue weighted by molar-refractivity contribution is -0.117. The van der Waals surface area contributed by atoms with E-state index in [0.29, 0.717) is 6.42 Å². The van der Waals surface area contributed by atoms with Crippen LogP contribution in [0, 0.1) is 0 Å². The van der Waals surface area contributed by atoms with Crippen molar-refractivity contribution in [3.05, 3.63) is 23.3 Å². The van der Waals surface area contributed by atoms with Gasteiger partial charge >= 0.3 is 0 Å². The molecule has 0 aromatic rings. The fourth-order valence-electron chi connectivity index (χ4n) is 1.19. The molecule has 0 aliphatic heterocycles. The normalized spacial score (nSPS) is 16.6. The Morgan fingerprint density at radius 1 is 1.57 bits per heavy atom. The summed E-state index contributed by atoms with van der Waals surface area (Å²) < 4.78 is 26.1. The van der Waals surface area contributed by atoms with Gasteiger partial charge in [-0.15, -0.1) is 0 Å². The van der Waals surface area contributed by atoms with Gasteiger partial charge in [0.25, 0.3) is 5.91 Å². The van der Waals surface area contributed by atoms with Gasteiger partial charge < -0.3 is 11.1 Å². The predicted octanol–water partition coefficient (Wildman–Crippen LogP) is 0.932. The van der Waals surface area contributed by atoms with Crippen LogP contribution in [-0.4, -0.2) is 19.0 Å². The fraction of sp³-hybridized carbons (Fsp3) is 0.444. The molecule has 0 fully saturated rings. The maximum Gasteiger partial charge on any atom is 0.256 e. The molecule has 5 heteroatoms. The SMILES string of the molecule is NCCNC(=O)C1=C(F)CCC=C1F. The van der Waals surface area contributed by atoms with Gasteiger partial charge in [-0.25, -0.2) is 8.78 Å². The number of amides is 1. The van der Waals surface area contributed by atoms with E-state index in [2.05, 4.69) is 5.32 Å². The van der Waals surface area contributed by atoms with Crippen molar-refractivity contribution in [1.29, 1.82) is 0 Å². The molecule has 1 amide bonds. The molecular weight excluding hydrogens is 190 g/mol. The van der Waals surface area contributed by atoms with Crippen LogP contribution < -0.4 is 11.1 Å². The number of hydrogen-bond donors (Lipinski definition) is 2. The Kier molecular flexibility index (Phi) is 3.76. The van der Waals surface area contributed by atoms with Crippen molar-refractivity contribution in [3.8, 4) is 0 Å². The third-order valence-corrected chi connectivity index (χ3v) is 1.85. The van der Waals surface area contributed by atoms with Gasteiger partial charge in [-0.3, -0.25) is 4.79 Å².